The fraction of sp³-hybridized carbons (Fsp3) is 0.395. The predicted octanol–water partition coefficient (Wildman–Crippen LogP) is 7.07. The molecule has 0 fully saturated rings. The summed E-state index contributed by atoms with van der Waals surface area (Å²) in [6.45, 7) is 12.1. The van der Waals surface area contributed by atoms with Crippen molar-refractivity contribution in [1.29, 1.82) is 0 Å². The second kappa shape index (κ2) is 14.2. The molecule has 7 heteroatoms. The number of benzene rings is 3. The average Bonchev–Trinajstić information content (AvgIpc) is 3.45. The van der Waals surface area contributed by atoms with E-state index in [9.17, 15) is 14.7 Å². The summed E-state index contributed by atoms with van der Waals surface area (Å²) in [6, 6.07) is 21.8. The molecule has 1 aromatic heterocycles. The summed E-state index contributed by atoms with van der Waals surface area (Å²) in [7, 11) is 0. The number of aliphatic hydroxyl groups is 1. The summed E-state index contributed by atoms with van der Waals surface area (Å²) in [6.07, 6.45) is 4.50. The van der Waals surface area contributed by atoms with E-state index in [1.807, 2.05) is 54.3 Å². The number of carbonyl (C=O) groups excluding carboxylic acids is 2. The Kier molecular flexibility index (Phi) is 10.2. The van der Waals surface area contributed by atoms with Gasteiger partial charge in [0.1, 0.15) is 0 Å². The van der Waals surface area contributed by atoms with Crippen LogP contribution in [0, 0.1) is 20.8 Å². The number of aromatic nitrogens is 2. The van der Waals surface area contributed by atoms with Gasteiger partial charge in [-0.25, -0.2) is 4.68 Å². The van der Waals surface area contributed by atoms with E-state index in [1.165, 1.54) is 11.1 Å². The molecule has 236 valence electrons. The van der Waals surface area contributed by atoms with E-state index in [-0.39, 0.29) is 24.5 Å². The summed E-state index contributed by atoms with van der Waals surface area (Å²) >= 11 is 0. The third-order valence-corrected chi connectivity index (χ3v) is 9.08. The van der Waals surface area contributed by atoms with Gasteiger partial charge in [0.2, 0.25) is 0 Å². The molecule has 5 rings (SSSR count). The Balaban J connectivity index is 1.59. The van der Waals surface area contributed by atoms with Gasteiger partial charge in [0.05, 0.1) is 23.9 Å². The number of aliphatic hydroxyl groups excluding tert-OH is 1. The van der Waals surface area contributed by atoms with Crippen molar-refractivity contribution in [3.8, 4) is 16.8 Å². The van der Waals surface area contributed by atoms with Gasteiger partial charge in [0, 0.05) is 25.3 Å². The van der Waals surface area contributed by atoms with Crippen LogP contribution in [0.15, 0.2) is 66.7 Å². The van der Waals surface area contributed by atoms with Crippen LogP contribution in [0.1, 0.15) is 88.3 Å². The quantitative estimate of drug-likeness (QED) is 0.198. The van der Waals surface area contributed by atoms with Crippen LogP contribution in [-0.4, -0.2) is 62.2 Å². The number of nitrogens with zero attached hydrogens (tertiary/aromatic N) is 4. The summed E-state index contributed by atoms with van der Waals surface area (Å²) in [5, 5.41) is 15.2. The monoisotopic (exact) mass is 606 g/mol. The number of rotatable bonds is 11. The second-order valence-corrected chi connectivity index (χ2v) is 12.4. The van der Waals surface area contributed by atoms with E-state index >= 15 is 0 Å². The molecule has 3 aromatic carbocycles. The minimum atomic E-state index is -0.341. The van der Waals surface area contributed by atoms with Crippen LogP contribution in [0.2, 0.25) is 0 Å². The number of unbranched alkanes of at least 4 members (excludes halogenated alkanes) is 2. The van der Waals surface area contributed by atoms with Gasteiger partial charge in [0.15, 0.2) is 5.69 Å². The number of fused-ring (bicyclic) bond motifs is 1. The minimum absolute atomic E-state index is 0.0774. The first-order valence-corrected chi connectivity index (χ1v) is 16.3. The fourth-order valence-corrected chi connectivity index (χ4v) is 6.13. The van der Waals surface area contributed by atoms with Crippen LogP contribution in [-0.2, 0) is 13.0 Å². The highest BCUT2D eigenvalue weighted by Gasteiger charge is 2.32. The molecular formula is C38H46N4O3. The number of aryl methyl sites for hydroxylation is 3. The molecule has 1 aliphatic heterocycles. The smallest absolute Gasteiger partial charge is 0.274 e. The Morgan fingerprint density at radius 2 is 1.53 bits per heavy atom. The molecule has 2 amide bonds. The molecule has 0 bridgehead atoms. The van der Waals surface area contributed by atoms with Crippen LogP contribution >= 0.6 is 0 Å². The lowest BCUT2D eigenvalue weighted by Crippen LogP contribution is -2.46. The zero-order chi connectivity index (χ0) is 32.1. The highest BCUT2D eigenvalue weighted by atomic mass is 16.3. The van der Waals surface area contributed by atoms with Crippen molar-refractivity contribution in [1.82, 2.24) is 19.6 Å². The Hall–Kier alpha value is -4.23. The van der Waals surface area contributed by atoms with Gasteiger partial charge in [-0.3, -0.25) is 9.59 Å². The van der Waals surface area contributed by atoms with E-state index in [4.69, 9.17) is 5.10 Å². The molecule has 0 saturated heterocycles. The van der Waals surface area contributed by atoms with Crippen molar-refractivity contribution >= 4 is 11.8 Å². The standard InChI is InChI=1S/C38H46N4O3/c1-6-8-18-40(19-9-7-2)38(45)35-21-28(5)42(39-35)36-17-16-31(30-15-14-26(3)27(4)20-30)23-34(36)37(44)41-24-32-13-11-10-12-29(32)22-33(41)25-43/h10-17,20-21,23,33,43H,6-9,18-19,22,24-25H2,1-5H3/t33-/m0/s1. The molecule has 1 aliphatic rings. The van der Waals surface area contributed by atoms with E-state index in [2.05, 4.69) is 52.0 Å². The van der Waals surface area contributed by atoms with Crippen LogP contribution in [0.25, 0.3) is 16.8 Å². The zero-order valence-corrected chi connectivity index (χ0v) is 27.3. The molecule has 0 saturated carbocycles. The topological polar surface area (TPSA) is 78.7 Å². The first-order valence-electron chi connectivity index (χ1n) is 16.3. The third-order valence-electron chi connectivity index (χ3n) is 9.08. The SMILES string of the molecule is CCCCN(CCCC)C(=O)c1cc(C)n(-c2ccc(-c3ccc(C)c(C)c3)cc2C(=O)N2Cc3ccccc3C[C@H]2CO)n1. The maximum Gasteiger partial charge on any atom is 0.274 e. The minimum Gasteiger partial charge on any atom is -0.394 e. The summed E-state index contributed by atoms with van der Waals surface area (Å²) in [5.41, 5.74) is 8.86. The molecule has 0 radical (unpaired) electrons. The van der Waals surface area contributed by atoms with Crippen LogP contribution in [0.4, 0.5) is 0 Å². The largest absolute Gasteiger partial charge is 0.394 e. The van der Waals surface area contributed by atoms with Gasteiger partial charge in [-0.15, -0.1) is 0 Å². The Morgan fingerprint density at radius 1 is 0.867 bits per heavy atom. The lowest BCUT2D eigenvalue weighted by Gasteiger charge is -2.36. The van der Waals surface area contributed by atoms with Gasteiger partial charge in [0.25, 0.3) is 11.8 Å². The number of hydrogen-bond donors (Lipinski definition) is 1. The molecular weight excluding hydrogens is 560 g/mol. The van der Waals surface area contributed by atoms with Crippen molar-refractivity contribution in [3.05, 3.63) is 106 Å². The van der Waals surface area contributed by atoms with Gasteiger partial charge < -0.3 is 14.9 Å². The average molecular weight is 607 g/mol. The molecule has 1 atom stereocenters. The maximum atomic E-state index is 14.6. The van der Waals surface area contributed by atoms with Crippen LogP contribution in [0.5, 0.6) is 0 Å². The van der Waals surface area contributed by atoms with Gasteiger partial charge in [-0.2, -0.15) is 5.10 Å². The Bertz CT molecular complexity index is 1670. The lowest BCUT2D eigenvalue weighted by atomic mass is 9.93. The zero-order valence-electron chi connectivity index (χ0n) is 27.3. The van der Waals surface area contributed by atoms with E-state index in [0.29, 0.717) is 43.0 Å². The molecule has 7 nitrogen and oxygen atoms in total. The van der Waals surface area contributed by atoms with Gasteiger partial charge in [-0.1, -0.05) is 75.2 Å². The highest BCUT2D eigenvalue weighted by molar-refractivity contribution is 6.00. The predicted molar refractivity (Wildman–Crippen MR) is 180 cm³/mol. The molecule has 1 N–H and O–H groups in total. The van der Waals surface area contributed by atoms with E-state index < -0.39 is 0 Å². The number of carbonyl (C=O) groups is 2. The first-order chi connectivity index (χ1) is 21.7. The summed E-state index contributed by atoms with van der Waals surface area (Å²) in [4.78, 5) is 31.9. The summed E-state index contributed by atoms with van der Waals surface area (Å²) in [5.74, 6) is -0.245. The van der Waals surface area contributed by atoms with Crippen LogP contribution in [0.3, 0.4) is 0 Å². The van der Waals surface area contributed by atoms with Gasteiger partial charge in [-0.05, 0) is 91.6 Å². The number of amides is 2. The first kappa shape index (κ1) is 32.2. The van der Waals surface area contributed by atoms with E-state index in [0.717, 1.165) is 53.6 Å². The van der Waals surface area contributed by atoms with Crippen molar-refractivity contribution in [2.75, 3.05) is 19.7 Å². The van der Waals surface area contributed by atoms with Crippen LogP contribution < -0.4 is 0 Å². The van der Waals surface area contributed by atoms with E-state index in [1.54, 1.807) is 9.58 Å². The summed E-state index contributed by atoms with van der Waals surface area (Å²) < 4.78 is 1.73. The van der Waals surface area contributed by atoms with Crippen molar-refractivity contribution < 1.29 is 14.7 Å². The van der Waals surface area contributed by atoms with Crippen molar-refractivity contribution in [2.45, 2.75) is 79.3 Å². The normalized spacial score (nSPS) is 14.4. The maximum absolute atomic E-state index is 14.6. The molecule has 0 spiro atoms. The fourth-order valence-electron chi connectivity index (χ4n) is 6.13. The van der Waals surface area contributed by atoms with Gasteiger partial charge >= 0.3 is 0 Å². The molecule has 0 aliphatic carbocycles. The molecule has 45 heavy (non-hydrogen) atoms. The molecule has 0 unspecified atom stereocenters. The third kappa shape index (κ3) is 6.89. The number of hydrogen-bond acceptors (Lipinski definition) is 4. The van der Waals surface area contributed by atoms with Crippen molar-refractivity contribution in [3.63, 3.8) is 0 Å². The second-order valence-electron chi connectivity index (χ2n) is 12.4. The Labute approximate surface area is 267 Å². The lowest BCUT2D eigenvalue weighted by molar-refractivity contribution is 0.0544. The Morgan fingerprint density at radius 3 is 2.20 bits per heavy atom. The molecule has 4 aromatic rings. The molecule has 2 heterocycles. The van der Waals surface area contributed by atoms with Crippen molar-refractivity contribution in [2.24, 2.45) is 0 Å². The highest BCUT2D eigenvalue weighted by Crippen LogP contribution is 2.31.